The number of aromatic nitrogens is 2. The number of benzene rings is 1. The lowest BCUT2D eigenvalue weighted by Crippen LogP contribution is -2.10. The predicted octanol–water partition coefficient (Wildman–Crippen LogP) is 1.69. The zero-order chi connectivity index (χ0) is 14.4. The van der Waals surface area contributed by atoms with Crippen LogP contribution in [0.15, 0.2) is 41.4 Å². The summed E-state index contributed by atoms with van der Waals surface area (Å²) in [5.41, 5.74) is 3.38. The van der Waals surface area contributed by atoms with Crippen molar-refractivity contribution in [1.82, 2.24) is 9.97 Å². The van der Waals surface area contributed by atoms with Crippen LogP contribution in [0.3, 0.4) is 0 Å². The molecule has 0 atom stereocenters. The summed E-state index contributed by atoms with van der Waals surface area (Å²) < 4.78 is 4.60. The van der Waals surface area contributed by atoms with Gasteiger partial charge in [0, 0.05) is 11.6 Å². The molecule has 0 bridgehead atoms. The molecule has 0 unspecified atom stereocenters. The van der Waals surface area contributed by atoms with Gasteiger partial charge in [0.2, 0.25) is 0 Å². The van der Waals surface area contributed by atoms with Gasteiger partial charge in [-0.1, -0.05) is 42.1 Å². The molecule has 0 saturated carbocycles. The van der Waals surface area contributed by atoms with Crippen molar-refractivity contribution in [1.29, 1.82) is 0 Å². The molecule has 1 aromatic carbocycles. The number of hydrogen-bond acceptors (Lipinski definition) is 7. The highest BCUT2D eigenvalue weighted by Gasteiger charge is 2.09. The zero-order valence-electron chi connectivity index (χ0n) is 10.9. The molecule has 0 saturated heterocycles. The van der Waals surface area contributed by atoms with Crippen LogP contribution in [0, 0.1) is 0 Å². The Hall–Kier alpha value is -2.12. The lowest BCUT2D eigenvalue weighted by molar-refractivity contribution is -0.137. The number of nitrogens with zero attached hydrogens (tertiary/aromatic N) is 2. The van der Waals surface area contributed by atoms with Crippen molar-refractivity contribution in [3.05, 3.63) is 36.4 Å². The number of carbonyl (C=O) groups excluding carboxylic acids is 1. The summed E-state index contributed by atoms with van der Waals surface area (Å²) in [5.74, 6) is 6.33. The minimum Gasteiger partial charge on any atom is -0.468 e. The van der Waals surface area contributed by atoms with E-state index in [0.29, 0.717) is 16.7 Å². The minimum atomic E-state index is -0.308. The summed E-state index contributed by atoms with van der Waals surface area (Å²) in [6, 6.07) is 11.2. The van der Waals surface area contributed by atoms with Gasteiger partial charge in [-0.3, -0.25) is 4.79 Å². The SMILES string of the molecule is COC(=O)CSc1cc(NN)nc(-c2ccccc2)n1. The molecule has 2 rings (SSSR count). The van der Waals surface area contributed by atoms with Gasteiger partial charge in [-0.15, -0.1) is 0 Å². The quantitative estimate of drug-likeness (QED) is 0.285. The lowest BCUT2D eigenvalue weighted by Gasteiger charge is -2.07. The summed E-state index contributed by atoms with van der Waals surface area (Å²) >= 11 is 1.27. The fourth-order valence-electron chi connectivity index (χ4n) is 1.48. The Bertz CT molecular complexity index is 592. The molecule has 0 aliphatic rings. The van der Waals surface area contributed by atoms with Crippen LogP contribution in [0.25, 0.3) is 11.4 Å². The smallest absolute Gasteiger partial charge is 0.316 e. The maximum atomic E-state index is 11.2. The fraction of sp³-hybridized carbons (Fsp3) is 0.154. The van der Waals surface area contributed by atoms with Crippen LogP contribution in [0.5, 0.6) is 0 Å². The summed E-state index contributed by atoms with van der Waals surface area (Å²) in [4.78, 5) is 19.9. The highest BCUT2D eigenvalue weighted by molar-refractivity contribution is 7.99. The molecule has 1 aromatic heterocycles. The van der Waals surface area contributed by atoms with E-state index in [4.69, 9.17) is 5.84 Å². The topological polar surface area (TPSA) is 90.1 Å². The zero-order valence-corrected chi connectivity index (χ0v) is 11.7. The Balaban J connectivity index is 2.27. The standard InChI is InChI=1S/C13H14N4O2S/c1-19-12(18)8-20-11-7-10(17-14)15-13(16-11)9-5-3-2-4-6-9/h2-7H,8,14H2,1H3,(H,15,16,17). The first kappa shape index (κ1) is 14.3. The van der Waals surface area contributed by atoms with Gasteiger partial charge < -0.3 is 10.2 Å². The van der Waals surface area contributed by atoms with E-state index in [1.54, 1.807) is 6.07 Å². The van der Waals surface area contributed by atoms with Crippen molar-refractivity contribution < 1.29 is 9.53 Å². The molecule has 2 aromatic rings. The van der Waals surface area contributed by atoms with Gasteiger partial charge in [-0.2, -0.15) is 0 Å². The number of ether oxygens (including phenoxy) is 1. The number of methoxy groups -OCH3 is 1. The molecule has 0 fully saturated rings. The van der Waals surface area contributed by atoms with Gasteiger partial charge in [0.25, 0.3) is 0 Å². The van der Waals surface area contributed by atoms with Crippen molar-refractivity contribution in [2.45, 2.75) is 5.03 Å². The van der Waals surface area contributed by atoms with Crippen molar-refractivity contribution in [3.63, 3.8) is 0 Å². The summed E-state index contributed by atoms with van der Waals surface area (Å²) in [6.45, 7) is 0. The highest BCUT2D eigenvalue weighted by Crippen LogP contribution is 2.23. The fourth-order valence-corrected chi connectivity index (χ4v) is 2.21. The molecule has 1 heterocycles. The van der Waals surface area contributed by atoms with E-state index < -0.39 is 0 Å². The number of nitrogens with two attached hydrogens (primary N) is 1. The molecule has 0 radical (unpaired) electrons. The molecule has 7 heteroatoms. The van der Waals surface area contributed by atoms with E-state index in [-0.39, 0.29) is 11.7 Å². The van der Waals surface area contributed by atoms with E-state index in [1.807, 2.05) is 30.3 Å². The third-order valence-corrected chi connectivity index (χ3v) is 3.33. The number of hydrazine groups is 1. The number of carbonyl (C=O) groups is 1. The molecule has 0 spiro atoms. The van der Waals surface area contributed by atoms with E-state index in [9.17, 15) is 4.79 Å². The van der Waals surface area contributed by atoms with Gasteiger partial charge in [0.15, 0.2) is 5.82 Å². The van der Waals surface area contributed by atoms with E-state index in [1.165, 1.54) is 18.9 Å². The van der Waals surface area contributed by atoms with Gasteiger partial charge in [0.05, 0.1) is 12.9 Å². The third-order valence-electron chi connectivity index (χ3n) is 2.45. The van der Waals surface area contributed by atoms with Gasteiger partial charge >= 0.3 is 5.97 Å². The second kappa shape index (κ2) is 6.88. The van der Waals surface area contributed by atoms with Gasteiger partial charge in [-0.25, -0.2) is 15.8 Å². The number of esters is 1. The maximum Gasteiger partial charge on any atom is 0.316 e. The molecule has 0 aliphatic carbocycles. The van der Waals surface area contributed by atoms with E-state index >= 15 is 0 Å². The Morgan fingerprint density at radius 2 is 2.10 bits per heavy atom. The molecule has 20 heavy (non-hydrogen) atoms. The normalized spacial score (nSPS) is 10.1. The number of anilines is 1. The Morgan fingerprint density at radius 1 is 1.35 bits per heavy atom. The Labute approximate surface area is 120 Å². The first-order chi connectivity index (χ1) is 9.72. The van der Waals surface area contributed by atoms with Crippen molar-refractivity contribution in [3.8, 4) is 11.4 Å². The Kier molecular flexibility index (Phi) is 4.91. The number of hydrogen-bond donors (Lipinski definition) is 2. The molecular formula is C13H14N4O2S. The number of nitrogens with one attached hydrogen (secondary N) is 1. The average molecular weight is 290 g/mol. The minimum absolute atomic E-state index is 0.186. The van der Waals surface area contributed by atoms with Crippen molar-refractivity contribution in [2.75, 3.05) is 18.3 Å². The molecule has 3 N–H and O–H groups in total. The van der Waals surface area contributed by atoms with Crippen LogP contribution in [0.4, 0.5) is 5.82 Å². The monoisotopic (exact) mass is 290 g/mol. The van der Waals surface area contributed by atoms with Crippen molar-refractivity contribution in [2.24, 2.45) is 5.84 Å². The Morgan fingerprint density at radius 3 is 2.75 bits per heavy atom. The van der Waals surface area contributed by atoms with Crippen LogP contribution in [0.2, 0.25) is 0 Å². The number of nitrogen functional groups attached to an aromatic ring is 1. The third kappa shape index (κ3) is 3.69. The summed E-state index contributed by atoms with van der Waals surface area (Å²) in [7, 11) is 1.35. The van der Waals surface area contributed by atoms with Gasteiger partial charge in [-0.05, 0) is 0 Å². The molecule has 104 valence electrons. The molecule has 6 nitrogen and oxygen atoms in total. The number of thioether (sulfide) groups is 1. The first-order valence-corrected chi connectivity index (χ1v) is 6.82. The van der Waals surface area contributed by atoms with E-state index in [0.717, 1.165) is 5.56 Å². The number of rotatable bonds is 5. The largest absolute Gasteiger partial charge is 0.468 e. The maximum absolute atomic E-state index is 11.2. The predicted molar refractivity (Wildman–Crippen MR) is 78.0 cm³/mol. The van der Waals surface area contributed by atoms with Crippen LogP contribution in [-0.2, 0) is 9.53 Å². The van der Waals surface area contributed by atoms with Gasteiger partial charge in [0.1, 0.15) is 10.8 Å². The highest BCUT2D eigenvalue weighted by atomic mass is 32.2. The van der Waals surface area contributed by atoms with E-state index in [2.05, 4.69) is 20.1 Å². The molecular weight excluding hydrogens is 276 g/mol. The van der Waals surface area contributed by atoms with Crippen molar-refractivity contribution >= 4 is 23.5 Å². The average Bonchev–Trinajstić information content (AvgIpc) is 2.53. The van der Waals surface area contributed by atoms with Crippen LogP contribution >= 0.6 is 11.8 Å². The lowest BCUT2D eigenvalue weighted by atomic mass is 10.2. The van der Waals surface area contributed by atoms with Crippen LogP contribution in [-0.4, -0.2) is 28.8 Å². The second-order valence-corrected chi connectivity index (χ2v) is 4.79. The molecule has 0 amide bonds. The summed E-state index contributed by atoms with van der Waals surface area (Å²) in [6.07, 6.45) is 0. The summed E-state index contributed by atoms with van der Waals surface area (Å²) in [5, 5.41) is 0.650. The second-order valence-electron chi connectivity index (χ2n) is 3.79. The molecule has 0 aliphatic heterocycles. The first-order valence-electron chi connectivity index (χ1n) is 5.83. The van der Waals surface area contributed by atoms with Crippen LogP contribution < -0.4 is 11.3 Å². The van der Waals surface area contributed by atoms with Crippen LogP contribution in [0.1, 0.15) is 0 Å².